The van der Waals surface area contributed by atoms with E-state index < -0.39 is 14.3 Å². The minimum atomic E-state index is -3.82. The van der Waals surface area contributed by atoms with Crippen molar-refractivity contribution in [3.8, 4) is 0 Å². The first kappa shape index (κ1) is 15.3. The van der Waals surface area contributed by atoms with Crippen LogP contribution in [0.3, 0.4) is 0 Å². The summed E-state index contributed by atoms with van der Waals surface area (Å²) in [5, 5.41) is -0.598. The van der Waals surface area contributed by atoms with Gasteiger partial charge in [0.25, 0.3) is 0 Å². The molecule has 108 valence electrons. The SMILES string of the molecule is CC(=O)c1cc(Cl)ccc1N1CC(S(=O)(=O)Cl)CC1=O. The lowest BCUT2D eigenvalue weighted by molar-refractivity contribution is -0.117. The van der Waals surface area contributed by atoms with Gasteiger partial charge >= 0.3 is 0 Å². The quantitative estimate of drug-likeness (QED) is 0.627. The van der Waals surface area contributed by atoms with E-state index in [0.717, 1.165) is 0 Å². The molecule has 1 aromatic rings. The summed E-state index contributed by atoms with van der Waals surface area (Å²) in [7, 11) is 1.47. The lowest BCUT2D eigenvalue weighted by Gasteiger charge is -2.19. The average molecular weight is 336 g/mol. The minimum Gasteiger partial charge on any atom is -0.310 e. The molecule has 1 fully saturated rings. The highest BCUT2D eigenvalue weighted by molar-refractivity contribution is 8.14. The maximum absolute atomic E-state index is 12.0. The molecule has 1 unspecified atom stereocenters. The van der Waals surface area contributed by atoms with Crippen LogP contribution < -0.4 is 4.90 Å². The van der Waals surface area contributed by atoms with E-state index in [4.69, 9.17) is 22.3 Å². The number of carbonyl (C=O) groups excluding carboxylic acids is 2. The molecule has 8 heteroatoms. The van der Waals surface area contributed by atoms with Crippen molar-refractivity contribution in [3.05, 3.63) is 28.8 Å². The Morgan fingerprint density at radius 2 is 2.05 bits per heavy atom. The maximum Gasteiger partial charge on any atom is 0.237 e. The van der Waals surface area contributed by atoms with Crippen molar-refractivity contribution in [2.45, 2.75) is 18.6 Å². The molecule has 1 saturated heterocycles. The van der Waals surface area contributed by atoms with Crippen molar-refractivity contribution < 1.29 is 18.0 Å². The summed E-state index contributed by atoms with van der Waals surface area (Å²) in [5.41, 5.74) is 0.633. The fourth-order valence-corrected chi connectivity index (χ4v) is 3.32. The van der Waals surface area contributed by atoms with E-state index in [2.05, 4.69) is 0 Å². The van der Waals surface area contributed by atoms with Crippen LogP contribution in [0.4, 0.5) is 5.69 Å². The third kappa shape index (κ3) is 2.97. The number of Topliss-reactive ketones (excluding diaryl/α,β-unsaturated/α-hetero) is 1. The topological polar surface area (TPSA) is 71.5 Å². The van der Waals surface area contributed by atoms with Gasteiger partial charge in [-0.1, -0.05) is 11.6 Å². The molecule has 1 heterocycles. The Hall–Kier alpha value is -1.11. The van der Waals surface area contributed by atoms with Crippen molar-refractivity contribution in [2.75, 3.05) is 11.4 Å². The number of hydrogen-bond donors (Lipinski definition) is 0. The number of anilines is 1. The molecule has 0 saturated carbocycles. The first-order chi connectivity index (χ1) is 9.20. The largest absolute Gasteiger partial charge is 0.310 e. The number of ketones is 1. The Balaban J connectivity index is 2.43. The highest BCUT2D eigenvalue weighted by atomic mass is 35.7. The van der Waals surface area contributed by atoms with E-state index in [0.29, 0.717) is 10.7 Å². The van der Waals surface area contributed by atoms with Crippen LogP contribution >= 0.6 is 22.3 Å². The molecule has 0 bridgehead atoms. The minimum absolute atomic E-state index is 0.0629. The molecule has 1 amide bonds. The first-order valence-electron chi connectivity index (χ1n) is 5.74. The monoisotopic (exact) mass is 335 g/mol. The Morgan fingerprint density at radius 3 is 2.55 bits per heavy atom. The first-order valence-corrected chi connectivity index (χ1v) is 8.49. The zero-order valence-corrected chi connectivity index (χ0v) is 12.8. The van der Waals surface area contributed by atoms with E-state index >= 15 is 0 Å². The van der Waals surface area contributed by atoms with Gasteiger partial charge in [-0.3, -0.25) is 9.59 Å². The van der Waals surface area contributed by atoms with Crippen LogP contribution in [0.2, 0.25) is 5.02 Å². The zero-order chi connectivity index (χ0) is 15.1. The van der Waals surface area contributed by atoms with Crippen LogP contribution in [0.25, 0.3) is 0 Å². The van der Waals surface area contributed by atoms with Crippen molar-refractivity contribution in [1.82, 2.24) is 0 Å². The van der Waals surface area contributed by atoms with Gasteiger partial charge in [0.2, 0.25) is 15.0 Å². The van der Waals surface area contributed by atoms with E-state index in [1.807, 2.05) is 0 Å². The molecule has 5 nitrogen and oxygen atoms in total. The Labute approximate surface area is 125 Å². The van der Waals surface area contributed by atoms with Crippen molar-refractivity contribution in [2.24, 2.45) is 0 Å². The fraction of sp³-hybridized carbons (Fsp3) is 0.333. The summed E-state index contributed by atoms with van der Waals surface area (Å²) in [4.78, 5) is 24.8. The maximum atomic E-state index is 12.0. The van der Waals surface area contributed by atoms with Gasteiger partial charge in [-0.25, -0.2) is 8.42 Å². The second kappa shape index (κ2) is 5.35. The summed E-state index contributed by atoms with van der Waals surface area (Å²) in [6, 6.07) is 4.52. The normalized spacial score (nSPS) is 19.4. The number of hydrogen-bond acceptors (Lipinski definition) is 4. The van der Waals surface area contributed by atoms with Crippen LogP contribution in [0.15, 0.2) is 18.2 Å². The number of benzene rings is 1. The van der Waals surface area contributed by atoms with Crippen molar-refractivity contribution in [3.63, 3.8) is 0 Å². The van der Waals surface area contributed by atoms with Crippen LogP contribution in [0, 0.1) is 0 Å². The highest BCUT2D eigenvalue weighted by Gasteiger charge is 2.38. The van der Waals surface area contributed by atoms with Gasteiger partial charge in [0.15, 0.2) is 5.78 Å². The third-order valence-corrected chi connectivity index (χ3v) is 5.22. The van der Waals surface area contributed by atoms with Crippen LogP contribution in [0.1, 0.15) is 23.7 Å². The molecule has 1 aromatic carbocycles. The molecule has 0 N–H and O–H groups in total. The molecule has 20 heavy (non-hydrogen) atoms. The van der Waals surface area contributed by atoms with Gasteiger partial charge in [0.05, 0.1) is 5.69 Å². The third-order valence-electron chi connectivity index (χ3n) is 3.12. The lowest BCUT2D eigenvalue weighted by atomic mass is 10.1. The Kier molecular flexibility index (Phi) is 4.09. The highest BCUT2D eigenvalue weighted by Crippen LogP contribution is 2.31. The molecule has 0 spiro atoms. The molecule has 1 atom stereocenters. The van der Waals surface area contributed by atoms with E-state index in [9.17, 15) is 18.0 Å². The van der Waals surface area contributed by atoms with E-state index in [1.54, 1.807) is 6.07 Å². The van der Waals surface area contributed by atoms with Crippen LogP contribution in [-0.2, 0) is 13.8 Å². The predicted molar refractivity (Wildman–Crippen MR) is 77.0 cm³/mol. The summed E-state index contributed by atoms with van der Waals surface area (Å²) < 4.78 is 22.7. The van der Waals surface area contributed by atoms with Gasteiger partial charge in [-0.15, -0.1) is 0 Å². The van der Waals surface area contributed by atoms with Gasteiger partial charge in [0.1, 0.15) is 5.25 Å². The predicted octanol–water partition coefficient (Wildman–Crippen LogP) is 2.22. The van der Waals surface area contributed by atoms with E-state index in [1.165, 1.54) is 24.0 Å². The second-order valence-corrected chi connectivity index (χ2v) is 7.87. The number of rotatable bonds is 3. The summed E-state index contributed by atoms with van der Waals surface area (Å²) in [6.07, 6.45) is -0.189. The summed E-state index contributed by atoms with van der Waals surface area (Å²) >= 11 is 5.83. The molecule has 0 aliphatic carbocycles. The molecule has 0 radical (unpaired) electrons. The summed E-state index contributed by atoms with van der Waals surface area (Å²) in [5.74, 6) is -0.642. The number of nitrogens with zero attached hydrogens (tertiary/aromatic N) is 1. The summed E-state index contributed by atoms with van der Waals surface area (Å²) in [6.45, 7) is 1.29. The van der Waals surface area contributed by atoms with E-state index in [-0.39, 0.29) is 30.2 Å². The second-order valence-electron chi connectivity index (χ2n) is 4.52. The van der Waals surface area contributed by atoms with Gasteiger partial charge < -0.3 is 4.90 Å². The molecule has 1 aliphatic heterocycles. The molecule has 1 aliphatic rings. The molecular weight excluding hydrogens is 325 g/mol. The van der Waals surface area contributed by atoms with Crippen molar-refractivity contribution >= 4 is 48.7 Å². The molecular formula is C12H11Cl2NO4S. The lowest BCUT2D eigenvalue weighted by Crippen LogP contribution is -2.28. The average Bonchev–Trinajstić information content (AvgIpc) is 2.71. The van der Waals surface area contributed by atoms with Gasteiger partial charge in [0, 0.05) is 34.2 Å². The standard InChI is InChI=1S/C12H11Cl2NO4S/c1-7(16)10-4-8(13)2-3-11(10)15-6-9(5-12(15)17)20(14,18)19/h2-4,9H,5-6H2,1H3. The van der Waals surface area contributed by atoms with Gasteiger partial charge in [-0.05, 0) is 25.1 Å². The van der Waals surface area contributed by atoms with Crippen molar-refractivity contribution in [1.29, 1.82) is 0 Å². The smallest absolute Gasteiger partial charge is 0.237 e. The Morgan fingerprint density at radius 1 is 1.40 bits per heavy atom. The Bertz CT molecular complexity index is 687. The van der Waals surface area contributed by atoms with Crippen LogP contribution in [0.5, 0.6) is 0 Å². The van der Waals surface area contributed by atoms with Gasteiger partial charge in [-0.2, -0.15) is 0 Å². The number of carbonyl (C=O) groups is 2. The zero-order valence-electron chi connectivity index (χ0n) is 10.5. The number of amides is 1. The fourth-order valence-electron chi connectivity index (χ4n) is 2.12. The molecule has 2 rings (SSSR count). The number of halogens is 2. The van der Waals surface area contributed by atoms with Crippen LogP contribution in [-0.4, -0.2) is 31.9 Å². The molecule has 0 aromatic heterocycles.